The van der Waals surface area contributed by atoms with Crippen LogP contribution in [0.25, 0.3) is 0 Å². The second-order valence-electron chi connectivity index (χ2n) is 6.02. The van der Waals surface area contributed by atoms with E-state index in [0.717, 1.165) is 0 Å². The van der Waals surface area contributed by atoms with E-state index in [2.05, 4.69) is 5.32 Å². The van der Waals surface area contributed by atoms with Gasteiger partial charge in [0.15, 0.2) is 11.5 Å². The van der Waals surface area contributed by atoms with Crippen molar-refractivity contribution in [2.24, 2.45) is 0 Å². The van der Waals surface area contributed by atoms with Crippen molar-refractivity contribution in [1.29, 1.82) is 5.26 Å². The van der Waals surface area contributed by atoms with Crippen LogP contribution in [0.5, 0.6) is 17.2 Å². The lowest BCUT2D eigenvalue weighted by Gasteiger charge is -2.11. The molecule has 1 amide bonds. The monoisotopic (exact) mass is 376 g/mol. The highest BCUT2D eigenvalue weighted by Gasteiger charge is 2.10. The zero-order chi connectivity index (χ0) is 20.1. The van der Waals surface area contributed by atoms with E-state index in [1.165, 1.54) is 25.3 Å². The summed E-state index contributed by atoms with van der Waals surface area (Å²) in [5, 5.41) is 11.7. The maximum absolute atomic E-state index is 13.3. The first-order valence-corrected chi connectivity index (χ1v) is 8.43. The Morgan fingerprint density at radius 3 is 2.43 bits per heavy atom. The van der Waals surface area contributed by atoms with E-state index in [1.807, 2.05) is 6.07 Å². The minimum Gasteiger partial charge on any atom is -0.493 e. The SMILES string of the molecule is COc1cc(C#N)ccc1Oc1ccc(NC(=O)c2ccc(F)c(C)c2)cc1. The lowest BCUT2D eigenvalue weighted by atomic mass is 10.1. The molecule has 0 aliphatic rings. The summed E-state index contributed by atoms with van der Waals surface area (Å²) < 4.78 is 24.4. The van der Waals surface area contributed by atoms with Crippen LogP contribution in [0, 0.1) is 24.1 Å². The molecule has 0 aliphatic heterocycles. The fourth-order valence-electron chi connectivity index (χ4n) is 2.54. The third kappa shape index (κ3) is 4.27. The average molecular weight is 376 g/mol. The van der Waals surface area contributed by atoms with Crippen LogP contribution in [0.3, 0.4) is 0 Å². The van der Waals surface area contributed by atoms with Crippen molar-refractivity contribution in [3.63, 3.8) is 0 Å². The van der Waals surface area contributed by atoms with Crippen molar-refractivity contribution >= 4 is 11.6 Å². The number of aryl methyl sites for hydroxylation is 1. The number of amides is 1. The molecule has 3 rings (SSSR count). The summed E-state index contributed by atoms with van der Waals surface area (Å²) in [5.74, 6) is 0.781. The van der Waals surface area contributed by atoms with Gasteiger partial charge in [0.25, 0.3) is 5.91 Å². The van der Waals surface area contributed by atoms with Gasteiger partial charge in [-0.25, -0.2) is 4.39 Å². The second-order valence-corrected chi connectivity index (χ2v) is 6.02. The summed E-state index contributed by atoms with van der Waals surface area (Å²) >= 11 is 0. The van der Waals surface area contributed by atoms with Gasteiger partial charge in [-0.15, -0.1) is 0 Å². The molecule has 0 saturated heterocycles. The van der Waals surface area contributed by atoms with E-state index < -0.39 is 0 Å². The van der Waals surface area contributed by atoms with Gasteiger partial charge in [0.2, 0.25) is 0 Å². The molecule has 0 bridgehead atoms. The molecular formula is C22H17FN2O3. The molecule has 0 spiro atoms. The third-order valence-corrected chi connectivity index (χ3v) is 4.05. The highest BCUT2D eigenvalue weighted by molar-refractivity contribution is 6.04. The molecular weight excluding hydrogens is 359 g/mol. The zero-order valence-corrected chi connectivity index (χ0v) is 15.3. The van der Waals surface area contributed by atoms with E-state index in [9.17, 15) is 9.18 Å². The number of nitrogens with one attached hydrogen (secondary N) is 1. The summed E-state index contributed by atoms with van der Waals surface area (Å²) in [6.45, 7) is 1.61. The Labute approximate surface area is 162 Å². The van der Waals surface area contributed by atoms with E-state index in [4.69, 9.17) is 14.7 Å². The molecule has 3 aromatic rings. The Bertz CT molecular complexity index is 1060. The topological polar surface area (TPSA) is 71.3 Å². The predicted octanol–water partition coefficient (Wildman–Crippen LogP) is 5.06. The van der Waals surface area contributed by atoms with E-state index in [-0.39, 0.29) is 11.7 Å². The Hall–Kier alpha value is -3.85. The molecule has 0 aromatic heterocycles. The van der Waals surface area contributed by atoms with E-state index >= 15 is 0 Å². The van der Waals surface area contributed by atoms with Gasteiger partial charge in [-0.1, -0.05) is 0 Å². The number of rotatable bonds is 5. The number of anilines is 1. The van der Waals surface area contributed by atoms with Gasteiger partial charge in [-0.2, -0.15) is 5.26 Å². The first-order chi connectivity index (χ1) is 13.5. The van der Waals surface area contributed by atoms with Crippen LogP contribution in [0.2, 0.25) is 0 Å². The molecule has 0 heterocycles. The molecule has 28 heavy (non-hydrogen) atoms. The normalized spacial score (nSPS) is 10.1. The minimum absolute atomic E-state index is 0.328. The molecule has 0 unspecified atom stereocenters. The number of benzene rings is 3. The summed E-state index contributed by atoms with van der Waals surface area (Å²) in [4.78, 5) is 12.3. The van der Waals surface area contributed by atoms with Gasteiger partial charge in [0.1, 0.15) is 11.6 Å². The van der Waals surface area contributed by atoms with Crippen LogP contribution in [0.4, 0.5) is 10.1 Å². The van der Waals surface area contributed by atoms with Gasteiger partial charge < -0.3 is 14.8 Å². The van der Waals surface area contributed by atoms with Crippen molar-refractivity contribution in [2.45, 2.75) is 6.92 Å². The van der Waals surface area contributed by atoms with Gasteiger partial charge in [0, 0.05) is 17.3 Å². The number of carbonyl (C=O) groups is 1. The van der Waals surface area contributed by atoms with Crippen molar-refractivity contribution in [3.8, 4) is 23.3 Å². The highest BCUT2D eigenvalue weighted by Crippen LogP contribution is 2.32. The van der Waals surface area contributed by atoms with Crippen LogP contribution in [-0.4, -0.2) is 13.0 Å². The minimum atomic E-state index is -0.351. The Kier molecular flexibility index (Phi) is 5.56. The second kappa shape index (κ2) is 8.23. The Balaban J connectivity index is 1.71. The van der Waals surface area contributed by atoms with Crippen molar-refractivity contribution < 1.29 is 18.7 Å². The van der Waals surface area contributed by atoms with Crippen LogP contribution in [0.15, 0.2) is 60.7 Å². The number of ether oxygens (including phenoxy) is 2. The quantitative estimate of drug-likeness (QED) is 0.676. The van der Waals surface area contributed by atoms with Gasteiger partial charge in [0.05, 0.1) is 18.7 Å². The largest absolute Gasteiger partial charge is 0.493 e. The van der Waals surface area contributed by atoms with Crippen molar-refractivity contribution in [3.05, 3.63) is 83.2 Å². The molecule has 5 nitrogen and oxygen atoms in total. The summed E-state index contributed by atoms with van der Waals surface area (Å²) in [7, 11) is 1.50. The average Bonchev–Trinajstić information content (AvgIpc) is 2.71. The van der Waals surface area contributed by atoms with Crippen molar-refractivity contribution in [2.75, 3.05) is 12.4 Å². The number of halogens is 1. The predicted molar refractivity (Wildman–Crippen MR) is 103 cm³/mol. The smallest absolute Gasteiger partial charge is 0.255 e. The molecule has 3 aromatic carbocycles. The molecule has 0 aliphatic carbocycles. The Morgan fingerprint density at radius 1 is 1.04 bits per heavy atom. The number of carbonyl (C=O) groups excluding carboxylic acids is 1. The lowest BCUT2D eigenvalue weighted by molar-refractivity contribution is 0.102. The van der Waals surface area contributed by atoms with Crippen LogP contribution in [-0.2, 0) is 0 Å². The van der Waals surface area contributed by atoms with Crippen LogP contribution < -0.4 is 14.8 Å². The number of nitrogens with zero attached hydrogens (tertiary/aromatic N) is 1. The molecule has 1 N–H and O–H groups in total. The first-order valence-electron chi connectivity index (χ1n) is 8.43. The first kappa shape index (κ1) is 18.9. The van der Waals surface area contributed by atoms with Gasteiger partial charge in [-0.05, 0) is 67.1 Å². The maximum atomic E-state index is 13.3. The lowest BCUT2D eigenvalue weighted by Crippen LogP contribution is -2.12. The summed E-state index contributed by atoms with van der Waals surface area (Å²) in [5.41, 5.74) is 1.83. The summed E-state index contributed by atoms with van der Waals surface area (Å²) in [6.07, 6.45) is 0. The van der Waals surface area contributed by atoms with Gasteiger partial charge >= 0.3 is 0 Å². The van der Waals surface area contributed by atoms with E-state index in [0.29, 0.717) is 39.6 Å². The van der Waals surface area contributed by atoms with Crippen molar-refractivity contribution in [1.82, 2.24) is 0 Å². The molecule has 140 valence electrons. The number of methoxy groups -OCH3 is 1. The molecule has 0 radical (unpaired) electrons. The van der Waals surface area contributed by atoms with Crippen LogP contribution >= 0.6 is 0 Å². The Morgan fingerprint density at radius 2 is 1.79 bits per heavy atom. The standard InChI is InChI=1S/C22H17FN2O3/c1-14-11-16(4-9-19(14)23)22(26)25-17-5-7-18(8-6-17)28-20-10-3-15(13-24)12-21(20)27-2/h3-12H,1-2H3,(H,25,26). The fourth-order valence-corrected chi connectivity index (χ4v) is 2.54. The summed E-state index contributed by atoms with van der Waals surface area (Å²) in [6, 6.07) is 17.9. The zero-order valence-electron chi connectivity index (χ0n) is 15.3. The van der Waals surface area contributed by atoms with Crippen LogP contribution in [0.1, 0.15) is 21.5 Å². The maximum Gasteiger partial charge on any atom is 0.255 e. The number of nitriles is 1. The molecule has 0 saturated carbocycles. The number of hydrogen-bond acceptors (Lipinski definition) is 4. The van der Waals surface area contributed by atoms with E-state index in [1.54, 1.807) is 49.4 Å². The highest BCUT2D eigenvalue weighted by atomic mass is 19.1. The van der Waals surface area contributed by atoms with Gasteiger partial charge in [-0.3, -0.25) is 4.79 Å². The number of hydrogen-bond donors (Lipinski definition) is 1. The molecule has 0 atom stereocenters. The fraction of sp³-hybridized carbons (Fsp3) is 0.0909. The third-order valence-electron chi connectivity index (χ3n) is 4.05. The molecule has 6 heteroatoms. The molecule has 0 fully saturated rings.